The quantitative estimate of drug-likeness (QED) is 0.328. The normalized spacial score (nSPS) is 10.5. The van der Waals surface area contributed by atoms with Crippen LogP contribution in [0.25, 0.3) is 11.3 Å². The topological polar surface area (TPSA) is 72.2 Å². The number of carbonyl (C=O) groups excluding carboxylic acids is 1. The molecule has 1 aromatic heterocycles. The number of rotatable bonds is 6. The fourth-order valence-corrected chi connectivity index (χ4v) is 2.73. The third-order valence-corrected chi connectivity index (χ3v) is 4.36. The van der Waals surface area contributed by atoms with Gasteiger partial charge in [0.25, 0.3) is 0 Å². The highest BCUT2D eigenvalue weighted by Gasteiger charge is 2.22. The van der Waals surface area contributed by atoms with E-state index in [9.17, 15) is 22.4 Å². The minimum Gasteiger partial charge on any atom is -0.473 e. The van der Waals surface area contributed by atoms with Gasteiger partial charge in [0.15, 0.2) is 11.6 Å². The van der Waals surface area contributed by atoms with Gasteiger partial charge >= 0.3 is 5.97 Å². The molecule has 9 heteroatoms. The first-order chi connectivity index (χ1) is 14.8. The number of halogens is 4. The van der Waals surface area contributed by atoms with Gasteiger partial charge in [0.2, 0.25) is 5.88 Å². The molecule has 0 unspecified atom stereocenters. The van der Waals surface area contributed by atoms with Crippen molar-refractivity contribution in [3.63, 3.8) is 0 Å². The van der Waals surface area contributed by atoms with Crippen molar-refractivity contribution in [3.8, 4) is 23.2 Å². The molecule has 0 aliphatic heterocycles. The largest absolute Gasteiger partial charge is 0.473 e. The monoisotopic (exact) mass is 430 g/mol. The molecule has 0 spiro atoms. The van der Waals surface area contributed by atoms with Crippen LogP contribution in [0, 0.1) is 34.6 Å². The average Bonchev–Trinajstić information content (AvgIpc) is 2.78. The molecule has 0 aliphatic carbocycles. The minimum atomic E-state index is -1.52. The van der Waals surface area contributed by atoms with Crippen molar-refractivity contribution in [1.29, 1.82) is 5.26 Å². The molecule has 0 aliphatic rings. The van der Waals surface area contributed by atoms with Crippen molar-refractivity contribution >= 4 is 5.97 Å². The first-order valence-electron chi connectivity index (χ1n) is 8.86. The lowest BCUT2D eigenvalue weighted by atomic mass is 10.0. The summed E-state index contributed by atoms with van der Waals surface area (Å²) >= 11 is 0. The van der Waals surface area contributed by atoms with Crippen LogP contribution in [0.5, 0.6) is 5.88 Å². The SMILES string of the molecule is COC(=O)Cc1c(F)cc(-c2cccc(OCc3ccc(C#N)cc3F)n2)c(F)c1F. The number of benzene rings is 2. The summed E-state index contributed by atoms with van der Waals surface area (Å²) in [6, 6.07) is 10.5. The molecule has 0 amide bonds. The Labute approximate surface area is 174 Å². The van der Waals surface area contributed by atoms with Crippen LogP contribution < -0.4 is 4.74 Å². The van der Waals surface area contributed by atoms with Gasteiger partial charge in [-0.3, -0.25) is 4.79 Å². The van der Waals surface area contributed by atoms with E-state index in [1.54, 1.807) is 0 Å². The van der Waals surface area contributed by atoms with E-state index in [1.807, 2.05) is 6.07 Å². The van der Waals surface area contributed by atoms with Gasteiger partial charge in [-0.1, -0.05) is 12.1 Å². The van der Waals surface area contributed by atoms with Gasteiger partial charge < -0.3 is 9.47 Å². The van der Waals surface area contributed by atoms with Crippen LogP contribution in [-0.4, -0.2) is 18.1 Å². The van der Waals surface area contributed by atoms with Crippen LogP contribution >= 0.6 is 0 Å². The number of aromatic nitrogens is 1. The fraction of sp³-hybridized carbons (Fsp3) is 0.136. The number of methoxy groups -OCH3 is 1. The van der Waals surface area contributed by atoms with Crippen molar-refractivity contribution in [3.05, 3.63) is 82.4 Å². The smallest absolute Gasteiger partial charge is 0.310 e. The highest BCUT2D eigenvalue weighted by atomic mass is 19.2. The lowest BCUT2D eigenvalue weighted by Crippen LogP contribution is -2.10. The maximum Gasteiger partial charge on any atom is 0.310 e. The summed E-state index contributed by atoms with van der Waals surface area (Å²) in [5.41, 5.74) is -1.05. The van der Waals surface area contributed by atoms with Crippen molar-refractivity contribution in [2.45, 2.75) is 13.0 Å². The van der Waals surface area contributed by atoms with Crippen molar-refractivity contribution in [2.75, 3.05) is 7.11 Å². The molecule has 158 valence electrons. The van der Waals surface area contributed by atoms with Crippen molar-refractivity contribution < 1.29 is 31.8 Å². The van der Waals surface area contributed by atoms with Crippen LogP contribution in [0.2, 0.25) is 0 Å². The Bertz CT molecular complexity index is 1190. The maximum absolute atomic E-state index is 14.5. The van der Waals surface area contributed by atoms with Gasteiger partial charge in [0, 0.05) is 22.8 Å². The Kier molecular flexibility index (Phi) is 6.50. The first kappa shape index (κ1) is 21.8. The number of esters is 1. The molecule has 0 radical (unpaired) electrons. The molecule has 0 saturated heterocycles. The number of pyridine rings is 1. The maximum atomic E-state index is 14.5. The molecule has 0 saturated carbocycles. The molecule has 0 atom stereocenters. The minimum absolute atomic E-state index is 0.0416. The number of ether oxygens (including phenoxy) is 2. The molecule has 1 heterocycles. The van der Waals surface area contributed by atoms with E-state index in [2.05, 4.69) is 9.72 Å². The van der Waals surface area contributed by atoms with E-state index in [4.69, 9.17) is 10.00 Å². The van der Waals surface area contributed by atoms with Crippen LogP contribution in [0.4, 0.5) is 17.6 Å². The molecule has 31 heavy (non-hydrogen) atoms. The van der Waals surface area contributed by atoms with E-state index in [-0.39, 0.29) is 29.3 Å². The number of nitrogens with zero attached hydrogens (tertiary/aromatic N) is 2. The van der Waals surface area contributed by atoms with E-state index in [0.717, 1.165) is 19.2 Å². The molecule has 3 aromatic rings. The van der Waals surface area contributed by atoms with Crippen molar-refractivity contribution in [1.82, 2.24) is 4.98 Å². The summed E-state index contributed by atoms with van der Waals surface area (Å²) in [5, 5.41) is 8.77. The van der Waals surface area contributed by atoms with Gasteiger partial charge in [-0.25, -0.2) is 22.5 Å². The highest BCUT2D eigenvalue weighted by Crippen LogP contribution is 2.29. The second-order valence-electron chi connectivity index (χ2n) is 6.33. The van der Waals surface area contributed by atoms with Gasteiger partial charge in [-0.15, -0.1) is 0 Å². The number of hydrogen-bond donors (Lipinski definition) is 0. The van der Waals surface area contributed by atoms with Gasteiger partial charge in [-0.05, 0) is 24.3 Å². The lowest BCUT2D eigenvalue weighted by Gasteiger charge is -2.11. The number of carbonyl (C=O) groups is 1. The fourth-order valence-electron chi connectivity index (χ4n) is 2.73. The van der Waals surface area contributed by atoms with Gasteiger partial charge in [0.1, 0.15) is 18.2 Å². The molecule has 0 bridgehead atoms. The van der Waals surface area contributed by atoms with Crippen LogP contribution in [0.3, 0.4) is 0 Å². The van der Waals surface area contributed by atoms with Crippen LogP contribution in [0.15, 0.2) is 42.5 Å². The Hall–Kier alpha value is -3.93. The van der Waals surface area contributed by atoms with Crippen LogP contribution in [-0.2, 0) is 22.6 Å². The summed E-state index contributed by atoms with van der Waals surface area (Å²) in [7, 11) is 1.04. The molecule has 5 nitrogen and oxygen atoms in total. The zero-order chi connectivity index (χ0) is 22.5. The van der Waals surface area contributed by atoms with E-state index >= 15 is 0 Å². The molecule has 2 aromatic carbocycles. The van der Waals surface area contributed by atoms with E-state index in [1.165, 1.54) is 30.3 Å². The number of hydrogen-bond acceptors (Lipinski definition) is 5. The molecule has 0 N–H and O–H groups in total. The Balaban J connectivity index is 1.86. The summed E-state index contributed by atoms with van der Waals surface area (Å²) in [5.74, 6) is -5.65. The van der Waals surface area contributed by atoms with Gasteiger partial charge in [-0.2, -0.15) is 5.26 Å². The third kappa shape index (κ3) is 4.80. The molecular weight excluding hydrogens is 416 g/mol. The lowest BCUT2D eigenvalue weighted by molar-refractivity contribution is -0.139. The summed E-state index contributed by atoms with van der Waals surface area (Å²) < 4.78 is 66.9. The van der Waals surface area contributed by atoms with Crippen molar-refractivity contribution in [2.24, 2.45) is 0 Å². The molecule has 3 rings (SSSR count). The Morgan fingerprint density at radius 3 is 2.52 bits per heavy atom. The standard InChI is InChI=1S/C22H14F4N2O3/c1-30-20(29)9-14-17(24)8-15(22(26)21(14)25)18-3-2-4-19(28-18)31-11-13-6-5-12(10-27)7-16(13)23/h2-8H,9,11H2,1H3. The second-order valence-corrected chi connectivity index (χ2v) is 6.33. The van der Waals surface area contributed by atoms with E-state index < -0.39 is 46.8 Å². The second kappa shape index (κ2) is 9.26. The highest BCUT2D eigenvalue weighted by molar-refractivity contribution is 5.73. The predicted octanol–water partition coefficient (Wildman–Crippen LogP) is 4.47. The van der Waals surface area contributed by atoms with Crippen LogP contribution in [0.1, 0.15) is 16.7 Å². The molecule has 0 fully saturated rings. The zero-order valence-electron chi connectivity index (χ0n) is 16.1. The van der Waals surface area contributed by atoms with Gasteiger partial charge in [0.05, 0.1) is 30.9 Å². The molecular formula is C22H14F4N2O3. The predicted molar refractivity (Wildman–Crippen MR) is 101 cm³/mol. The Morgan fingerprint density at radius 2 is 1.84 bits per heavy atom. The zero-order valence-corrected chi connectivity index (χ0v) is 16.1. The van der Waals surface area contributed by atoms with E-state index in [0.29, 0.717) is 0 Å². The number of nitriles is 1. The summed E-state index contributed by atoms with van der Waals surface area (Å²) in [6.45, 7) is -0.239. The average molecular weight is 430 g/mol. The summed E-state index contributed by atoms with van der Waals surface area (Å²) in [4.78, 5) is 15.3. The summed E-state index contributed by atoms with van der Waals surface area (Å²) in [6.07, 6.45) is -0.766. The Morgan fingerprint density at radius 1 is 1.06 bits per heavy atom. The first-order valence-corrected chi connectivity index (χ1v) is 8.86. The third-order valence-electron chi connectivity index (χ3n) is 4.36.